The van der Waals surface area contributed by atoms with E-state index in [4.69, 9.17) is 16.3 Å². The van der Waals surface area contributed by atoms with Crippen molar-refractivity contribution in [2.75, 3.05) is 0 Å². The number of rotatable bonds is 7. The van der Waals surface area contributed by atoms with Crippen LogP contribution in [-0.2, 0) is 24.8 Å². The predicted molar refractivity (Wildman–Crippen MR) is 137 cm³/mol. The molecule has 31 heavy (non-hydrogen) atoms. The fourth-order valence-electron chi connectivity index (χ4n) is 4.56. The fourth-order valence-corrected chi connectivity index (χ4v) is 5.75. The molecule has 0 aliphatic rings. The van der Waals surface area contributed by atoms with Gasteiger partial charge < -0.3 is 0 Å². The summed E-state index contributed by atoms with van der Waals surface area (Å²) in [5.74, 6) is 0.904. The molecule has 0 spiro atoms. The van der Waals surface area contributed by atoms with Crippen molar-refractivity contribution in [1.29, 1.82) is 0 Å². The molecule has 0 heterocycles. The lowest BCUT2D eigenvalue weighted by atomic mass is 9.92. The summed E-state index contributed by atoms with van der Waals surface area (Å²) in [4.78, 5) is 0. The van der Waals surface area contributed by atoms with Crippen LogP contribution >= 0.6 is 7.07 Å². The summed E-state index contributed by atoms with van der Waals surface area (Å²) in [6.07, 6.45) is 2.22. The Balaban J connectivity index is 1.48. The molecule has 0 amide bonds. The lowest BCUT2D eigenvalue weighted by molar-refractivity contribution is 0.616. The Morgan fingerprint density at radius 1 is 0.839 bits per heavy atom. The Morgan fingerprint density at radius 3 is 2.32 bits per heavy atom. The molecule has 154 valence electrons. The second-order valence-corrected chi connectivity index (χ2v) is 10.1. The van der Waals surface area contributed by atoms with Crippen molar-refractivity contribution in [3.05, 3.63) is 89.5 Å². The molecule has 0 aliphatic heterocycles. The van der Waals surface area contributed by atoms with Crippen molar-refractivity contribution in [2.45, 2.75) is 33.2 Å². The van der Waals surface area contributed by atoms with Gasteiger partial charge in [0.25, 0.3) is 0 Å². The molecular formula is C27H25NOPS+. The first-order chi connectivity index (χ1) is 15.2. The molecule has 4 heteroatoms. The number of hydrogen-bond donors (Lipinski definition) is 1. The van der Waals surface area contributed by atoms with E-state index in [2.05, 4.69) is 91.7 Å². The SMILES string of the molecule is CCCc1ccccc1CN[P+](=S)Oc1c(C)cc2ccc3cccc4ccc1c2c34. The lowest BCUT2D eigenvalue weighted by Gasteiger charge is -2.13. The van der Waals surface area contributed by atoms with Gasteiger partial charge in [-0.15, -0.1) is 0 Å². The molecule has 2 nitrogen and oxygen atoms in total. The van der Waals surface area contributed by atoms with Gasteiger partial charge in [0.15, 0.2) is 5.75 Å². The minimum Gasteiger partial charge on any atom is -0.259 e. The minimum atomic E-state index is -1.22. The van der Waals surface area contributed by atoms with Crippen molar-refractivity contribution in [3.63, 3.8) is 0 Å². The van der Waals surface area contributed by atoms with Gasteiger partial charge in [-0.2, -0.15) is 0 Å². The molecule has 1 N–H and O–H groups in total. The lowest BCUT2D eigenvalue weighted by Crippen LogP contribution is -2.08. The van der Waals surface area contributed by atoms with Crippen molar-refractivity contribution in [2.24, 2.45) is 0 Å². The van der Waals surface area contributed by atoms with Gasteiger partial charge in [-0.25, -0.2) is 0 Å². The van der Waals surface area contributed by atoms with Crippen LogP contribution in [0.4, 0.5) is 0 Å². The zero-order valence-electron chi connectivity index (χ0n) is 17.8. The molecule has 0 aromatic heterocycles. The third kappa shape index (κ3) is 3.78. The second-order valence-electron chi connectivity index (χ2n) is 8.08. The molecule has 1 unspecified atom stereocenters. The van der Waals surface area contributed by atoms with E-state index in [0.29, 0.717) is 0 Å². The van der Waals surface area contributed by atoms with Crippen molar-refractivity contribution in [3.8, 4) is 5.75 Å². The van der Waals surface area contributed by atoms with Gasteiger partial charge in [0.1, 0.15) is 0 Å². The van der Waals surface area contributed by atoms with Crippen molar-refractivity contribution in [1.82, 2.24) is 5.09 Å². The highest BCUT2D eigenvalue weighted by Gasteiger charge is 2.21. The summed E-state index contributed by atoms with van der Waals surface area (Å²) in [5, 5.41) is 10.9. The number of nitrogens with one attached hydrogen (secondary N) is 1. The molecule has 0 saturated heterocycles. The van der Waals surface area contributed by atoms with E-state index in [1.807, 2.05) is 0 Å². The van der Waals surface area contributed by atoms with Gasteiger partial charge in [-0.05, 0) is 63.7 Å². The van der Waals surface area contributed by atoms with E-state index < -0.39 is 7.07 Å². The van der Waals surface area contributed by atoms with Gasteiger partial charge in [0.05, 0.1) is 6.54 Å². The molecule has 5 aromatic carbocycles. The topological polar surface area (TPSA) is 21.3 Å². The quantitative estimate of drug-likeness (QED) is 0.205. The minimum absolute atomic E-state index is 0.732. The average molecular weight is 443 g/mol. The first-order valence-corrected chi connectivity index (χ1v) is 13.1. The van der Waals surface area contributed by atoms with Gasteiger partial charge in [-0.3, -0.25) is 4.52 Å². The van der Waals surface area contributed by atoms with E-state index in [1.54, 1.807) is 0 Å². The molecule has 1 atom stereocenters. The summed E-state index contributed by atoms with van der Waals surface area (Å²) < 4.78 is 6.39. The number of hydrogen-bond acceptors (Lipinski definition) is 2. The summed E-state index contributed by atoms with van der Waals surface area (Å²) in [6, 6.07) is 26.1. The van der Waals surface area contributed by atoms with Gasteiger partial charge in [0, 0.05) is 10.8 Å². The Hall–Kier alpha value is -2.58. The standard InChI is InChI=1S/C27H25NOPS/c1-3-7-19-8-4-5-9-23(19)17-28-30(31)29-27-18(2)16-22-13-12-20-10-6-11-21-14-15-24(27)26(22)25(20)21/h4-6,8-16H,3,7,17H2,1-2H3,(H,28,31)/q+1. The maximum atomic E-state index is 6.39. The molecule has 0 radical (unpaired) electrons. The van der Waals surface area contributed by atoms with E-state index in [0.717, 1.165) is 36.1 Å². The molecule has 0 bridgehead atoms. The number of benzene rings is 5. The van der Waals surface area contributed by atoms with Crippen LogP contribution in [0.2, 0.25) is 0 Å². The number of aryl methyl sites for hydroxylation is 2. The summed E-state index contributed by atoms with van der Waals surface area (Å²) in [6.45, 7) is 5.05. The van der Waals surface area contributed by atoms with E-state index in [1.165, 1.54) is 38.1 Å². The first-order valence-electron chi connectivity index (χ1n) is 10.8. The Bertz CT molecular complexity index is 1400. The normalized spacial score (nSPS) is 12.1. The van der Waals surface area contributed by atoms with Crippen LogP contribution in [0.1, 0.15) is 30.0 Å². The third-order valence-electron chi connectivity index (χ3n) is 5.99. The van der Waals surface area contributed by atoms with Crippen LogP contribution in [0.15, 0.2) is 72.8 Å². The summed E-state index contributed by atoms with van der Waals surface area (Å²) in [5.41, 5.74) is 3.81. The monoisotopic (exact) mass is 442 g/mol. The highest BCUT2D eigenvalue weighted by Crippen LogP contribution is 2.42. The van der Waals surface area contributed by atoms with Crippen LogP contribution in [0, 0.1) is 6.92 Å². The maximum Gasteiger partial charge on any atom is 0.490 e. The van der Waals surface area contributed by atoms with Gasteiger partial charge in [0.2, 0.25) is 11.8 Å². The molecule has 5 aromatic rings. The first kappa shape index (κ1) is 20.3. The van der Waals surface area contributed by atoms with Crippen LogP contribution in [-0.4, -0.2) is 0 Å². The zero-order valence-corrected chi connectivity index (χ0v) is 19.5. The second kappa shape index (κ2) is 8.51. The van der Waals surface area contributed by atoms with E-state index in [9.17, 15) is 0 Å². The molecular weight excluding hydrogens is 417 g/mol. The van der Waals surface area contributed by atoms with E-state index in [-0.39, 0.29) is 0 Å². The largest absolute Gasteiger partial charge is 0.490 e. The fraction of sp³-hybridized carbons (Fsp3) is 0.185. The Labute approximate surface area is 189 Å². The highest BCUT2D eigenvalue weighted by molar-refractivity contribution is 8.02. The van der Waals surface area contributed by atoms with Gasteiger partial charge >= 0.3 is 7.07 Å². The van der Waals surface area contributed by atoms with E-state index >= 15 is 0 Å². The van der Waals surface area contributed by atoms with Crippen molar-refractivity contribution < 1.29 is 4.52 Å². The van der Waals surface area contributed by atoms with Crippen molar-refractivity contribution >= 4 is 51.2 Å². The van der Waals surface area contributed by atoms with Crippen LogP contribution in [0.5, 0.6) is 5.75 Å². The van der Waals surface area contributed by atoms with Crippen LogP contribution in [0.25, 0.3) is 32.3 Å². The molecule has 0 aliphatic carbocycles. The molecule has 0 saturated carbocycles. The zero-order chi connectivity index (χ0) is 21.4. The van der Waals surface area contributed by atoms with Crippen LogP contribution in [0.3, 0.4) is 0 Å². The summed E-state index contributed by atoms with van der Waals surface area (Å²) in [7, 11) is -1.22. The summed E-state index contributed by atoms with van der Waals surface area (Å²) >= 11 is 5.73. The third-order valence-corrected chi connectivity index (χ3v) is 7.37. The molecule has 0 fully saturated rings. The Morgan fingerprint density at radius 2 is 1.55 bits per heavy atom. The maximum absolute atomic E-state index is 6.39. The van der Waals surface area contributed by atoms with Gasteiger partial charge in [-0.1, -0.05) is 79.1 Å². The smallest absolute Gasteiger partial charge is 0.259 e. The average Bonchev–Trinajstić information content (AvgIpc) is 2.79. The highest BCUT2D eigenvalue weighted by atomic mass is 32.4. The predicted octanol–water partition coefficient (Wildman–Crippen LogP) is 7.79. The molecule has 5 rings (SSSR count). The van der Waals surface area contributed by atoms with Crippen LogP contribution < -0.4 is 9.61 Å². The Kier molecular flexibility index (Phi) is 5.58.